The number of sulfonamides is 1. The maximum atomic E-state index is 14.0. The second-order valence-corrected chi connectivity index (χ2v) is 15.4. The molecule has 3 aromatic rings. The Morgan fingerprint density at radius 2 is 1.76 bits per heavy atom. The largest absolute Gasteiger partial charge is 0.384 e. The normalized spacial score (nSPS) is 18.3. The molecule has 0 bridgehead atoms. The SMILES string of the molecule is CC1CCN(c2nc(C(C)(C)C)c(C3=CCN(C(=O)Cc4ccccc4)CC3)cc2C(=O)NS(=O)(=O)c2cccc(N)n2)C1(C)C. The number of nitrogens with zero attached hydrogens (tertiary/aromatic N) is 4. The lowest BCUT2D eigenvalue weighted by Crippen LogP contribution is -2.44. The van der Waals surface area contributed by atoms with Crippen molar-refractivity contribution in [2.45, 2.75) is 76.8 Å². The second-order valence-electron chi connectivity index (χ2n) is 13.8. The molecule has 0 spiro atoms. The van der Waals surface area contributed by atoms with Gasteiger partial charge in [0.1, 0.15) is 11.6 Å². The number of amides is 2. The molecule has 2 amide bonds. The van der Waals surface area contributed by atoms with Gasteiger partial charge in [-0.15, -0.1) is 0 Å². The van der Waals surface area contributed by atoms with Crippen LogP contribution in [0.2, 0.25) is 0 Å². The third-order valence-electron chi connectivity index (χ3n) is 9.25. The summed E-state index contributed by atoms with van der Waals surface area (Å²) < 4.78 is 28.8. The van der Waals surface area contributed by atoms with Gasteiger partial charge < -0.3 is 15.5 Å². The smallest absolute Gasteiger partial charge is 0.281 e. The highest BCUT2D eigenvalue weighted by atomic mass is 32.2. The van der Waals surface area contributed by atoms with E-state index < -0.39 is 21.3 Å². The van der Waals surface area contributed by atoms with Crippen LogP contribution in [-0.4, -0.2) is 60.3 Å². The highest BCUT2D eigenvalue weighted by molar-refractivity contribution is 7.90. The van der Waals surface area contributed by atoms with Gasteiger partial charge in [0.15, 0.2) is 5.03 Å². The lowest BCUT2D eigenvalue weighted by atomic mass is 9.83. The van der Waals surface area contributed by atoms with Crippen LogP contribution in [0.5, 0.6) is 0 Å². The van der Waals surface area contributed by atoms with E-state index in [1.807, 2.05) is 41.3 Å². The van der Waals surface area contributed by atoms with Crippen molar-refractivity contribution in [1.82, 2.24) is 19.6 Å². The zero-order valence-corrected chi connectivity index (χ0v) is 28.3. The number of carbonyl (C=O) groups is 2. The molecule has 5 rings (SSSR count). The Kier molecular flexibility index (Phi) is 9.01. The fourth-order valence-electron chi connectivity index (χ4n) is 6.13. The van der Waals surface area contributed by atoms with E-state index in [2.05, 4.69) is 56.1 Å². The van der Waals surface area contributed by atoms with Crippen molar-refractivity contribution < 1.29 is 18.0 Å². The Morgan fingerprint density at radius 1 is 1.04 bits per heavy atom. The van der Waals surface area contributed by atoms with Crippen LogP contribution in [-0.2, 0) is 26.7 Å². The van der Waals surface area contributed by atoms with E-state index in [0.29, 0.717) is 44.2 Å². The van der Waals surface area contributed by atoms with Crippen LogP contribution < -0.4 is 15.4 Å². The van der Waals surface area contributed by atoms with E-state index >= 15 is 0 Å². The van der Waals surface area contributed by atoms with E-state index in [0.717, 1.165) is 28.8 Å². The average Bonchev–Trinajstić information content (AvgIpc) is 3.27. The molecular weight excluding hydrogens is 600 g/mol. The molecule has 1 unspecified atom stereocenters. The third-order valence-corrected chi connectivity index (χ3v) is 10.5. The molecule has 2 aromatic heterocycles. The molecule has 1 saturated heterocycles. The number of hydrogen-bond acceptors (Lipinski definition) is 8. The van der Waals surface area contributed by atoms with Crippen molar-refractivity contribution in [3.63, 3.8) is 0 Å². The minimum atomic E-state index is -4.32. The predicted molar refractivity (Wildman–Crippen MR) is 181 cm³/mol. The monoisotopic (exact) mass is 644 g/mol. The highest BCUT2D eigenvalue weighted by Crippen LogP contribution is 2.42. The van der Waals surface area contributed by atoms with E-state index in [-0.39, 0.29) is 27.9 Å². The third kappa shape index (κ3) is 6.79. The van der Waals surface area contributed by atoms with E-state index in [4.69, 9.17) is 10.7 Å². The molecule has 1 fully saturated rings. The standard InChI is InChI=1S/C35H44N6O4S/c1-23-15-20-41(35(23,5)6)32-27(33(43)39-46(44,45)29-14-10-13-28(36)37-29)22-26(31(38-32)34(2,3)4)25-16-18-40(19-17-25)30(42)21-24-11-8-7-9-12-24/h7-14,16,22-23H,15,17-21H2,1-6H3,(H2,36,37)(H,39,43). The first-order valence-electron chi connectivity index (χ1n) is 15.7. The van der Waals surface area contributed by atoms with Gasteiger partial charge in [0.25, 0.3) is 15.9 Å². The van der Waals surface area contributed by atoms with Crippen molar-refractivity contribution >= 4 is 39.0 Å². The number of nitrogens with one attached hydrogen (secondary N) is 1. The summed E-state index contributed by atoms with van der Waals surface area (Å²) in [6, 6.07) is 15.7. The van der Waals surface area contributed by atoms with Crippen molar-refractivity contribution in [3.05, 3.63) is 83.1 Å². The number of benzene rings is 1. The molecule has 244 valence electrons. The maximum absolute atomic E-state index is 14.0. The van der Waals surface area contributed by atoms with Gasteiger partial charge in [0.2, 0.25) is 5.91 Å². The summed E-state index contributed by atoms with van der Waals surface area (Å²) in [4.78, 5) is 40.2. The van der Waals surface area contributed by atoms with Crippen LogP contribution >= 0.6 is 0 Å². The Labute approximate surface area is 272 Å². The number of pyridine rings is 2. The van der Waals surface area contributed by atoms with Gasteiger partial charge >= 0.3 is 0 Å². The molecule has 4 heterocycles. The van der Waals surface area contributed by atoms with Crippen molar-refractivity contribution in [2.75, 3.05) is 30.3 Å². The van der Waals surface area contributed by atoms with Gasteiger partial charge in [-0.25, -0.2) is 14.7 Å². The summed E-state index contributed by atoms with van der Waals surface area (Å²) >= 11 is 0. The van der Waals surface area contributed by atoms with Crippen LogP contribution in [0, 0.1) is 5.92 Å². The van der Waals surface area contributed by atoms with E-state index in [9.17, 15) is 18.0 Å². The maximum Gasteiger partial charge on any atom is 0.281 e. The van der Waals surface area contributed by atoms with Gasteiger partial charge in [-0.2, -0.15) is 8.42 Å². The number of hydrogen-bond donors (Lipinski definition) is 2. The lowest BCUT2D eigenvalue weighted by molar-refractivity contribution is -0.130. The Balaban J connectivity index is 1.56. The first-order valence-corrected chi connectivity index (χ1v) is 17.2. The Morgan fingerprint density at radius 3 is 2.35 bits per heavy atom. The fraction of sp³-hybridized carbons (Fsp3) is 0.429. The lowest BCUT2D eigenvalue weighted by Gasteiger charge is -2.38. The van der Waals surface area contributed by atoms with Crippen LogP contribution in [0.25, 0.3) is 5.57 Å². The fourth-order valence-corrected chi connectivity index (χ4v) is 7.08. The Bertz CT molecular complexity index is 1780. The zero-order chi connectivity index (χ0) is 33.4. The van der Waals surface area contributed by atoms with Gasteiger partial charge in [0, 0.05) is 36.2 Å². The van der Waals surface area contributed by atoms with E-state index in [1.54, 1.807) is 6.07 Å². The number of rotatable bonds is 7. The molecule has 1 aromatic carbocycles. The molecule has 46 heavy (non-hydrogen) atoms. The number of nitrogen functional groups attached to an aromatic ring is 1. The van der Waals surface area contributed by atoms with Gasteiger partial charge in [0.05, 0.1) is 17.7 Å². The summed E-state index contributed by atoms with van der Waals surface area (Å²) in [7, 11) is -4.32. The van der Waals surface area contributed by atoms with Crippen molar-refractivity contribution in [2.24, 2.45) is 5.92 Å². The summed E-state index contributed by atoms with van der Waals surface area (Å²) in [6.07, 6.45) is 3.84. The summed E-state index contributed by atoms with van der Waals surface area (Å²) in [5.74, 6) is 0.0653. The summed E-state index contributed by atoms with van der Waals surface area (Å²) in [6.45, 7) is 14.3. The number of nitrogens with two attached hydrogens (primary N) is 1. The van der Waals surface area contributed by atoms with Crippen LogP contribution in [0.4, 0.5) is 11.6 Å². The number of carbonyl (C=O) groups excluding carboxylic acids is 2. The topological polar surface area (TPSA) is 139 Å². The van der Waals surface area contributed by atoms with Crippen molar-refractivity contribution in [3.8, 4) is 0 Å². The molecule has 10 nitrogen and oxygen atoms in total. The molecule has 2 aliphatic heterocycles. The van der Waals surface area contributed by atoms with Gasteiger partial charge in [-0.1, -0.05) is 70.2 Å². The molecule has 11 heteroatoms. The molecule has 3 N–H and O–H groups in total. The molecule has 0 radical (unpaired) electrons. The quantitative estimate of drug-likeness (QED) is 0.368. The molecule has 0 saturated carbocycles. The summed E-state index contributed by atoms with van der Waals surface area (Å²) in [5, 5.41) is -0.340. The minimum absolute atomic E-state index is 0.0304. The second kappa shape index (κ2) is 12.5. The predicted octanol–water partition coefficient (Wildman–Crippen LogP) is 4.96. The molecule has 1 atom stereocenters. The van der Waals surface area contributed by atoms with Gasteiger partial charge in [-0.05, 0) is 61.9 Å². The molecular formula is C35H44N6O4S. The van der Waals surface area contributed by atoms with Crippen molar-refractivity contribution in [1.29, 1.82) is 0 Å². The Hall–Kier alpha value is -4.25. The van der Waals surface area contributed by atoms with Crippen LogP contribution in [0.3, 0.4) is 0 Å². The minimum Gasteiger partial charge on any atom is -0.384 e. The zero-order valence-electron chi connectivity index (χ0n) is 27.5. The average molecular weight is 645 g/mol. The first kappa shape index (κ1) is 33.1. The highest BCUT2D eigenvalue weighted by Gasteiger charge is 2.42. The summed E-state index contributed by atoms with van der Waals surface area (Å²) in [5.41, 5.74) is 8.71. The van der Waals surface area contributed by atoms with E-state index in [1.165, 1.54) is 18.2 Å². The number of anilines is 2. The first-order chi connectivity index (χ1) is 21.6. The molecule has 0 aliphatic carbocycles. The number of aromatic nitrogens is 2. The van der Waals surface area contributed by atoms with Crippen LogP contribution in [0.15, 0.2) is 65.7 Å². The van der Waals surface area contributed by atoms with Crippen LogP contribution in [0.1, 0.15) is 81.6 Å². The molecule has 2 aliphatic rings. The van der Waals surface area contributed by atoms with Gasteiger partial charge in [-0.3, -0.25) is 9.59 Å².